The van der Waals surface area contributed by atoms with Crippen LogP contribution in [0.25, 0.3) is 0 Å². The second-order valence-corrected chi connectivity index (χ2v) is 5.21. The molecule has 1 aromatic heterocycles. The maximum atomic E-state index is 9.45. The van der Waals surface area contributed by atoms with E-state index in [2.05, 4.69) is 19.8 Å². The van der Waals surface area contributed by atoms with Crippen molar-refractivity contribution in [2.24, 2.45) is 0 Å². The number of nitrogens with two attached hydrogens (primary N) is 1. The molecule has 0 radical (unpaired) electrons. The van der Waals surface area contributed by atoms with Gasteiger partial charge in [-0.15, -0.1) is 0 Å². The number of phenols is 1. The van der Waals surface area contributed by atoms with E-state index in [0.29, 0.717) is 5.69 Å². The Hall–Kier alpha value is -2.34. The highest BCUT2D eigenvalue weighted by molar-refractivity contribution is 5.53. The molecule has 3 N–H and O–H groups in total. The van der Waals surface area contributed by atoms with Crippen LogP contribution in [-0.2, 0) is 6.54 Å². The summed E-state index contributed by atoms with van der Waals surface area (Å²) in [6.07, 6.45) is 3.54. The zero-order valence-corrected chi connectivity index (χ0v) is 11.8. The van der Waals surface area contributed by atoms with Crippen LogP contribution >= 0.6 is 0 Å². The monoisotopic (exact) mass is 285 g/mol. The summed E-state index contributed by atoms with van der Waals surface area (Å²) in [4.78, 5) is 13.1. The van der Waals surface area contributed by atoms with Crippen LogP contribution in [0.5, 0.6) is 5.75 Å². The van der Waals surface area contributed by atoms with Gasteiger partial charge in [0.2, 0.25) is 5.95 Å². The van der Waals surface area contributed by atoms with Crippen molar-refractivity contribution in [3.8, 4) is 5.75 Å². The fourth-order valence-corrected chi connectivity index (χ4v) is 2.52. The van der Waals surface area contributed by atoms with Crippen molar-refractivity contribution in [3.63, 3.8) is 0 Å². The van der Waals surface area contributed by atoms with Crippen LogP contribution in [-0.4, -0.2) is 46.2 Å². The summed E-state index contributed by atoms with van der Waals surface area (Å²) in [7, 11) is 0. The molecular formula is C15H19N5O. The van der Waals surface area contributed by atoms with Gasteiger partial charge in [0.15, 0.2) is 0 Å². The minimum Gasteiger partial charge on any atom is -0.506 e. The number of hydrogen-bond acceptors (Lipinski definition) is 6. The van der Waals surface area contributed by atoms with Gasteiger partial charge in [-0.2, -0.15) is 0 Å². The zero-order valence-electron chi connectivity index (χ0n) is 11.8. The number of aromatic hydroxyl groups is 1. The fourth-order valence-electron chi connectivity index (χ4n) is 2.52. The fraction of sp³-hybridized carbons (Fsp3) is 0.333. The molecule has 0 saturated carbocycles. The lowest BCUT2D eigenvalue weighted by Crippen LogP contribution is -2.46. The third-order valence-electron chi connectivity index (χ3n) is 3.71. The molecule has 1 aliphatic rings. The molecule has 6 nitrogen and oxygen atoms in total. The predicted octanol–water partition coefficient (Wildman–Crippen LogP) is 1.09. The molecule has 0 spiro atoms. The van der Waals surface area contributed by atoms with Gasteiger partial charge >= 0.3 is 0 Å². The van der Waals surface area contributed by atoms with E-state index in [4.69, 9.17) is 5.73 Å². The first-order valence-corrected chi connectivity index (χ1v) is 7.04. The molecule has 6 heteroatoms. The Morgan fingerprint density at radius 3 is 2.48 bits per heavy atom. The van der Waals surface area contributed by atoms with Crippen LogP contribution in [0, 0.1) is 0 Å². The highest BCUT2D eigenvalue weighted by Crippen LogP contribution is 2.21. The van der Waals surface area contributed by atoms with E-state index in [9.17, 15) is 5.11 Å². The minimum atomic E-state index is 0.143. The van der Waals surface area contributed by atoms with Gasteiger partial charge in [-0.1, -0.05) is 6.07 Å². The van der Waals surface area contributed by atoms with Crippen LogP contribution in [0.4, 0.5) is 11.6 Å². The van der Waals surface area contributed by atoms with Crippen molar-refractivity contribution in [2.75, 3.05) is 36.8 Å². The van der Waals surface area contributed by atoms with Gasteiger partial charge in [0, 0.05) is 45.1 Å². The number of benzene rings is 1. The molecule has 2 aromatic rings. The summed E-state index contributed by atoms with van der Waals surface area (Å²) in [6.45, 7) is 4.58. The Morgan fingerprint density at radius 1 is 1.10 bits per heavy atom. The molecule has 0 aliphatic carbocycles. The summed E-state index contributed by atoms with van der Waals surface area (Å²) in [6, 6.07) is 7.23. The highest BCUT2D eigenvalue weighted by Gasteiger charge is 2.18. The molecular weight excluding hydrogens is 266 g/mol. The van der Waals surface area contributed by atoms with Crippen molar-refractivity contribution >= 4 is 11.6 Å². The van der Waals surface area contributed by atoms with Crippen LogP contribution < -0.4 is 10.6 Å². The molecule has 0 amide bonds. The summed E-state index contributed by atoms with van der Waals surface area (Å²) in [5.74, 6) is 0.941. The average molecular weight is 285 g/mol. The molecule has 0 bridgehead atoms. The lowest BCUT2D eigenvalue weighted by molar-refractivity contribution is 0.248. The molecule has 2 heterocycles. The Labute approximate surface area is 123 Å². The number of piperazine rings is 1. The second kappa shape index (κ2) is 5.97. The van der Waals surface area contributed by atoms with E-state index >= 15 is 0 Å². The molecule has 1 aliphatic heterocycles. The number of anilines is 2. The number of phenolic OH excluding ortho intramolecular Hbond substituents is 1. The third-order valence-corrected chi connectivity index (χ3v) is 3.71. The lowest BCUT2D eigenvalue weighted by atomic mass is 10.1. The average Bonchev–Trinajstić information content (AvgIpc) is 2.53. The first kappa shape index (κ1) is 13.6. The first-order valence-electron chi connectivity index (χ1n) is 7.04. The van der Waals surface area contributed by atoms with Gasteiger partial charge in [0.25, 0.3) is 0 Å². The number of rotatable bonds is 3. The number of hydrogen-bond donors (Lipinski definition) is 2. The summed E-state index contributed by atoms with van der Waals surface area (Å²) >= 11 is 0. The molecule has 1 fully saturated rings. The SMILES string of the molecule is Nc1cc(CN2CCN(c3ncccn3)CC2)ccc1O. The Kier molecular flexibility index (Phi) is 3.87. The highest BCUT2D eigenvalue weighted by atomic mass is 16.3. The Balaban J connectivity index is 1.57. The summed E-state index contributed by atoms with van der Waals surface area (Å²) < 4.78 is 0. The van der Waals surface area contributed by atoms with Crippen molar-refractivity contribution in [1.82, 2.24) is 14.9 Å². The van der Waals surface area contributed by atoms with E-state index in [1.165, 1.54) is 0 Å². The second-order valence-electron chi connectivity index (χ2n) is 5.21. The Bertz CT molecular complexity index is 596. The molecule has 1 saturated heterocycles. The van der Waals surface area contributed by atoms with E-state index in [1.807, 2.05) is 18.2 Å². The Morgan fingerprint density at radius 2 is 1.81 bits per heavy atom. The predicted molar refractivity (Wildman–Crippen MR) is 82.0 cm³/mol. The van der Waals surface area contributed by atoms with Crippen molar-refractivity contribution in [1.29, 1.82) is 0 Å². The van der Waals surface area contributed by atoms with Crippen LogP contribution in [0.2, 0.25) is 0 Å². The third kappa shape index (κ3) is 3.22. The van der Waals surface area contributed by atoms with Crippen LogP contribution in [0.15, 0.2) is 36.7 Å². The van der Waals surface area contributed by atoms with Gasteiger partial charge in [-0.3, -0.25) is 4.90 Å². The van der Waals surface area contributed by atoms with Gasteiger partial charge < -0.3 is 15.7 Å². The summed E-state index contributed by atoms with van der Waals surface area (Å²) in [5, 5.41) is 9.45. The lowest BCUT2D eigenvalue weighted by Gasteiger charge is -2.34. The largest absolute Gasteiger partial charge is 0.506 e. The number of nitrogen functional groups attached to an aromatic ring is 1. The van der Waals surface area contributed by atoms with Gasteiger partial charge in [-0.25, -0.2) is 9.97 Å². The van der Waals surface area contributed by atoms with E-state index in [-0.39, 0.29) is 5.75 Å². The molecule has 1 aromatic carbocycles. The van der Waals surface area contributed by atoms with E-state index in [0.717, 1.165) is 44.2 Å². The molecule has 0 unspecified atom stereocenters. The molecule has 21 heavy (non-hydrogen) atoms. The van der Waals surface area contributed by atoms with Gasteiger partial charge in [0.05, 0.1) is 5.69 Å². The van der Waals surface area contributed by atoms with Crippen LogP contribution in [0.1, 0.15) is 5.56 Å². The topological polar surface area (TPSA) is 78.5 Å². The smallest absolute Gasteiger partial charge is 0.225 e. The van der Waals surface area contributed by atoms with Crippen LogP contribution in [0.3, 0.4) is 0 Å². The van der Waals surface area contributed by atoms with Crippen molar-refractivity contribution in [3.05, 3.63) is 42.2 Å². The summed E-state index contributed by atoms with van der Waals surface area (Å²) in [5.41, 5.74) is 7.28. The van der Waals surface area contributed by atoms with Gasteiger partial charge in [0.1, 0.15) is 5.75 Å². The van der Waals surface area contributed by atoms with E-state index in [1.54, 1.807) is 18.5 Å². The standard InChI is InChI=1S/C15H19N5O/c16-13-10-12(2-3-14(13)21)11-19-6-8-20(9-7-19)15-17-4-1-5-18-15/h1-5,10,21H,6-9,11,16H2. The normalized spacial score (nSPS) is 16.1. The zero-order chi connectivity index (χ0) is 14.7. The first-order chi connectivity index (χ1) is 10.2. The van der Waals surface area contributed by atoms with Gasteiger partial charge in [-0.05, 0) is 23.8 Å². The minimum absolute atomic E-state index is 0.143. The maximum absolute atomic E-state index is 9.45. The number of nitrogens with zero attached hydrogens (tertiary/aromatic N) is 4. The molecule has 3 rings (SSSR count). The quantitative estimate of drug-likeness (QED) is 0.649. The number of aromatic nitrogens is 2. The van der Waals surface area contributed by atoms with Crippen molar-refractivity contribution in [2.45, 2.75) is 6.54 Å². The molecule has 110 valence electrons. The van der Waals surface area contributed by atoms with E-state index < -0.39 is 0 Å². The maximum Gasteiger partial charge on any atom is 0.225 e. The molecule has 0 atom stereocenters. The van der Waals surface area contributed by atoms with Crippen molar-refractivity contribution < 1.29 is 5.11 Å².